The van der Waals surface area contributed by atoms with E-state index in [0.717, 1.165) is 13.0 Å². The highest BCUT2D eigenvalue weighted by atomic mass is 14.8. The Kier molecular flexibility index (Phi) is 5.41. The van der Waals surface area contributed by atoms with Crippen molar-refractivity contribution in [2.45, 2.75) is 27.2 Å². The first-order valence-electron chi connectivity index (χ1n) is 6.09. The van der Waals surface area contributed by atoms with Crippen molar-refractivity contribution in [3.05, 3.63) is 53.7 Å². The third kappa shape index (κ3) is 3.27. The molecule has 1 aliphatic rings. The van der Waals surface area contributed by atoms with E-state index in [4.69, 9.17) is 0 Å². The Hall–Kier alpha value is -1.50. The van der Waals surface area contributed by atoms with Crippen LogP contribution >= 0.6 is 0 Å². The van der Waals surface area contributed by atoms with Crippen LogP contribution in [0.1, 0.15) is 31.9 Å². The predicted octanol–water partition coefficient (Wildman–Crippen LogP) is 3.78. The lowest BCUT2D eigenvalue weighted by Gasteiger charge is -2.08. The molecule has 0 atom stereocenters. The number of rotatable bonds is 2. The van der Waals surface area contributed by atoms with Gasteiger partial charge in [0.25, 0.3) is 0 Å². The van der Waals surface area contributed by atoms with Crippen LogP contribution in [0.3, 0.4) is 0 Å². The molecular weight excluding hydrogens is 194 g/mol. The van der Waals surface area contributed by atoms with Crippen LogP contribution in [-0.2, 0) is 6.42 Å². The zero-order valence-electron chi connectivity index (χ0n) is 10.5. The van der Waals surface area contributed by atoms with Gasteiger partial charge < -0.3 is 5.32 Å². The summed E-state index contributed by atoms with van der Waals surface area (Å²) in [6.07, 6.45) is 7.44. The minimum atomic E-state index is 0.932. The molecule has 1 heterocycles. The van der Waals surface area contributed by atoms with Gasteiger partial charge in [-0.3, -0.25) is 0 Å². The van der Waals surface area contributed by atoms with Crippen molar-refractivity contribution in [3.8, 4) is 0 Å². The Morgan fingerprint density at radius 1 is 1.12 bits per heavy atom. The molecule has 0 bridgehead atoms. The molecule has 1 aliphatic heterocycles. The molecule has 1 aromatic carbocycles. The number of dihydropyridines is 1. The van der Waals surface area contributed by atoms with Gasteiger partial charge in [0.2, 0.25) is 0 Å². The summed E-state index contributed by atoms with van der Waals surface area (Å²) in [5.41, 5.74) is 4.01. The quantitative estimate of drug-likeness (QED) is 0.791. The molecule has 86 valence electrons. The van der Waals surface area contributed by atoms with Gasteiger partial charge in [-0.15, -0.1) is 0 Å². The van der Waals surface area contributed by atoms with Crippen molar-refractivity contribution in [3.63, 3.8) is 0 Å². The maximum Gasteiger partial charge on any atom is 0.0334 e. The molecule has 0 radical (unpaired) electrons. The molecule has 2 rings (SSSR count). The summed E-state index contributed by atoms with van der Waals surface area (Å²) in [6.45, 7) is 7.11. The summed E-state index contributed by atoms with van der Waals surface area (Å²) in [4.78, 5) is 0. The summed E-state index contributed by atoms with van der Waals surface area (Å²) in [7, 11) is 0. The molecule has 1 heteroatoms. The summed E-state index contributed by atoms with van der Waals surface area (Å²) in [5.74, 6) is 0. The molecule has 16 heavy (non-hydrogen) atoms. The first-order valence-corrected chi connectivity index (χ1v) is 6.09. The molecule has 0 saturated carbocycles. The molecule has 0 aliphatic carbocycles. The van der Waals surface area contributed by atoms with E-state index in [9.17, 15) is 0 Å². The van der Waals surface area contributed by atoms with Gasteiger partial charge in [0.15, 0.2) is 0 Å². The van der Waals surface area contributed by atoms with Crippen LogP contribution in [0, 0.1) is 0 Å². The van der Waals surface area contributed by atoms with Crippen LogP contribution in [0.25, 0.3) is 5.57 Å². The minimum Gasteiger partial charge on any atom is -0.387 e. The van der Waals surface area contributed by atoms with Crippen LogP contribution in [-0.4, -0.2) is 6.54 Å². The van der Waals surface area contributed by atoms with E-state index < -0.39 is 0 Å². The Morgan fingerprint density at radius 3 is 2.31 bits per heavy atom. The van der Waals surface area contributed by atoms with Crippen molar-refractivity contribution in [2.75, 3.05) is 6.54 Å². The van der Waals surface area contributed by atoms with E-state index in [2.05, 4.69) is 48.7 Å². The lowest BCUT2D eigenvalue weighted by molar-refractivity contribution is 0.975. The first-order chi connectivity index (χ1) is 7.90. The third-order valence-corrected chi connectivity index (χ3v) is 2.52. The highest BCUT2D eigenvalue weighted by molar-refractivity contribution is 5.74. The second kappa shape index (κ2) is 6.89. The number of aryl methyl sites for hydroxylation is 1. The van der Waals surface area contributed by atoms with Gasteiger partial charge in [-0.1, -0.05) is 51.1 Å². The summed E-state index contributed by atoms with van der Waals surface area (Å²) < 4.78 is 0. The second-order valence-corrected chi connectivity index (χ2v) is 3.45. The average Bonchev–Trinajstić information content (AvgIpc) is 2.42. The van der Waals surface area contributed by atoms with Crippen molar-refractivity contribution < 1.29 is 0 Å². The molecule has 0 unspecified atom stereocenters. The van der Waals surface area contributed by atoms with E-state index in [0.29, 0.717) is 0 Å². The number of nitrogens with one attached hydrogen (secondary N) is 1. The summed E-state index contributed by atoms with van der Waals surface area (Å²) >= 11 is 0. The fraction of sp³-hybridized carbons (Fsp3) is 0.333. The van der Waals surface area contributed by atoms with Crippen molar-refractivity contribution in [2.24, 2.45) is 0 Å². The number of benzene rings is 1. The second-order valence-electron chi connectivity index (χ2n) is 3.45. The Bertz CT molecular complexity index is 358. The van der Waals surface area contributed by atoms with Gasteiger partial charge in [0.1, 0.15) is 0 Å². The van der Waals surface area contributed by atoms with E-state index in [1.165, 1.54) is 16.7 Å². The maximum absolute atomic E-state index is 3.15. The average molecular weight is 215 g/mol. The van der Waals surface area contributed by atoms with Crippen molar-refractivity contribution >= 4 is 5.57 Å². The summed E-state index contributed by atoms with van der Waals surface area (Å²) in [5, 5.41) is 3.15. The number of hydrogen-bond acceptors (Lipinski definition) is 1. The Labute approximate surface area is 98.9 Å². The molecule has 0 aromatic heterocycles. The zero-order chi connectivity index (χ0) is 11.8. The number of hydrogen-bond donors (Lipinski definition) is 1. The molecular formula is C15H21N. The largest absolute Gasteiger partial charge is 0.387 e. The van der Waals surface area contributed by atoms with Gasteiger partial charge in [-0.2, -0.15) is 0 Å². The molecule has 0 amide bonds. The van der Waals surface area contributed by atoms with Crippen LogP contribution < -0.4 is 5.32 Å². The highest BCUT2D eigenvalue weighted by Crippen LogP contribution is 2.17. The van der Waals surface area contributed by atoms with E-state index >= 15 is 0 Å². The van der Waals surface area contributed by atoms with E-state index in [-0.39, 0.29) is 0 Å². The van der Waals surface area contributed by atoms with Crippen molar-refractivity contribution in [1.29, 1.82) is 0 Å². The molecule has 1 N–H and O–H groups in total. The van der Waals surface area contributed by atoms with Crippen molar-refractivity contribution in [1.82, 2.24) is 5.32 Å². The SMILES string of the molecule is CC.CCc1ccc(C2=CCNC=C2)cc1. The predicted molar refractivity (Wildman–Crippen MR) is 72.3 cm³/mol. The third-order valence-electron chi connectivity index (χ3n) is 2.52. The first kappa shape index (κ1) is 12.6. The lowest BCUT2D eigenvalue weighted by atomic mass is 10.0. The fourth-order valence-electron chi connectivity index (χ4n) is 1.60. The van der Waals surface area contributed by atoms with E-state index in [1.807, 2.05) is 20.0 Å². The lowest BCUT2D eigenvalue weighted by Crippen LogP contribution is -2.08. The highest BCUT2D eigenvalue weighted by Gasteiger charge is 1.99. The monoisotopic (exact) mass is 215 g/mol. The van der Waals surface area contributed by atoms with Crippen LogP contribution in [0.15, 0.2) is 42.6 Å². The molecule has 0 saturated heterocycles. The van der Waals surface area contributed by atoms with Gasteiger partial charge in [0, 0.05) is 6.54 Å². The number of allylic oxidation sites excluding steroid dienone is 2. The molecule has 0 spiro atoms. The Morgan fingerprint density at radius 2 is 1.81 bits per heavy atom. The van der Waals surface area contributed by atoms with Gasteiger partial charge >= 0.3 is 0 Å². The molecule has 1 nitrogen and oxygen atoms in total. The fourth-order valence-corrected chi connectivity index (χ4v) is 1.60. The standard InChI is InChI=1S/C13H15N.C2H6/c1-2-11-3-5-12(6-4-11)13-7-9-14-10-8-13;1-2/h3-9,14H,2,10H2,1H3;1-2H3. The van der Waals surface area contributed by atoms with Gasteiger partial charge in [-0.25, -0.2) is 0 Å². The van der Waals surface area contributed by atoms with Crippen LogP contribution in [0.4, 0.5) is 0 Å². The minimum absolute atomic E-state index is 0.932. The smallest absolute Gasteiger partial charge is 0.0334 e. The molecule has 1 aromatic rings. The zero-order valence-corrected chi connectivity index (χ0v) is 10.5. The van der Waals surface area contributed by atoms with Crippen LogP contribution in [0.5, 0.6) is 0 Å². The van der Waals surface area contributed by atoms with E-state index in [1.54, 1.807) is 0 Å². The summed E-state index contributed by atoms with van der Waals surface area (Å²) in [6, 6.07) is 8.79. The topological polar surface area (TPSA) is 12.0 Å². The maximum atomic E-state index is 3.15. The Balaban J connectivity index is 0.000000606. The van der Waals surface area contributed by atoms with Crippen LogP contribution in [0.2, 0.25) is 0 Å². The van der Waals surface area contributed by atoms with Gasteiger partial charge in [0.05, 0.1) is 0 Å². The normalized spacial score (nSPS) is 13.3. The molecule has 0 fully saturated rings. The van der Waals surface area contributed by atoms with Gasteiger partial charge in [-0.05, 0) is 35.4 Å².